The number of hydrogen-bond donors (Lipinski definition) is 1. The minimum atomic E-state index is -0.654. The van der Waals surface area contributed by atoms with E-state index in [9.17, 15) is 14.4 Å². The number of para-hydroxylation sites is 2. The van der Waals surface area contributed by atoms with E-state index < -0.39 is 5.25 Å². The fourth-order valence-electron chi connectivity index (χ4n) is 4.58. The van der Waals surface area contributed by atoms with Gasteiger partial charge in [-0.25, -0.2) is 9.67 Å². The Hall–Kier alpha value is -4.37. The maximum absolute atomic E-state index is 13.6. The highest BCUT2D eigenvalue weighted by atomic mass is 32.2. The summed E-state index contributed by atoms with van der Waals surface area (Å²) in [5.41, 5.74) is 3.42. The summed E-state index contributed by atoms with van der Waals surface area (Å²) in [5.74, 6) is -0.00823. The van der Waals surface area contributed by atoms with Crippen LogP contribution in [0, 0.1) is 6.92 Å². The van der Waals surface area contributed by atoms with Crippen LogP contribution in [0.15, 0.2) is 93.6 Å². The highest BCUT2D eigenvalue weighted by Crippen LogP contribution is 2.27. The monoisotopic (exact) mass is 553 g/mol. The van der Waals surface area contributed by atoms with Gasteiger partial charge in [-0.15, -0.1) is 0 Å². The predicted octanol–water partition coefficient (Wildman–Crippen LogP) is 5.43. The van der Waals surface area contributed by atoms with Gasteiger partial charge in [-0.2, -0.15) is 0 Å². The highest BCUT2D eigenvalue weighted by molar-refractivity contribution is 8.00. The molecule has 204 valence electrons. The zero-order valence-corrected chi connectivity index (χ0v) is 23.9. The van der Waals surface area contributed by atoms with Gasteiger partial charge in [-0.05, 0) is 61.7 Å². The summed E-state index contributed by atoms with van der Waals surface area (Å²) >= 11 is 1.18. The molecular weight excluding hydrogens is 522 g/mol. The Balaban J connectivity index is 1.49. The van der Waals surface area contributed by atoms with Crippen LogP contribution in [0.2, 0.25) is 0 Å². The van der Waals surface area contributed by atoms with Crippen LogP contribution >= 0.6 is 11.8 Å². The average molecular weight is 554 g/mol. The summed E-state index contributed by atoms with van der Waals surface area (Å²) in [6, 6.07) is 24.3. The molecule has 0 spiro atoms. The molecule has 5 aromatic rings. The summed E-state index contributed by atoms with van der Waals surface area (Å²) in [6.07, 6.45) is 0. The number of carbonyl (C=O) groups is 1. The first-order chi connectivity index (χ1) is 19.2. The molecule has 1 amide bonds. The van der Waals surface area contributed by atoms with Crippen molar-refractivity contribution < 1.29 is 4.79 Å². The SMILES string of the molecule is Cc1c(NC(=O)C(C)Sc2nc3ccccc3c(=O)n2-c2ccc(C(C)C)cc2)c(=O)n(-c2ccccc2)n1C. The minimum Gasteiger partial charge on any atom is -0.319 e. The van der Waals surface area contributed by atoms with Crippen LogP contribution in [0.3, 0.4) is 0 Å². The predicted molar refractivity (Wildman–Crippen MR) is 161 cm³/mol. The first kappa shape index (κ1) is 27.2. The van der Waals surface area contributed by atoms with E-state index in [1.54, 1.807) is 42.3 Å². The Morgan fingerprint density at radius 2 is 1.50 bits per heavy atom. The molecule has 0 radical (unpaired) electrons. The molecule has 2 heterocycles. The van der Waals surface area contributed by atoms with Crippen LogP contribution in [-0.4, -0.2) is 30.1 Å². The number of benzene rings is 3. The van der Waals surface area contributed by atoms with Crippen molar-refractivity contribution in [2.75, 3.05) is 5.32 Å². The van der Waals surface area contributed by atoms with Crippen LogP contribution in [0.25, 0.3) is 22.3 Å². The standard InChI is InChI=1S/C31H31N5O3S/c1-19(2)22-15-17-23(18-16-22)35-29(38)25-13-9-10-14-26(25)32-31(35)40-21(4)28(37)33-27-20(3)34(5)36(30(27)39)24-11-7-6-8-12-24/h6-19,21H,1-5H3,(H,33,37). The van der Waals surface area contributed by atoms with Crippen molar-refractivity contribution in [3.05, 3.63) is 111 Å². The van der Waals surface area contributed by atoms with E-state index in [1.165, 1.54) is 16.4 Å². The molecule has 5 rings (SSSR count). The summed E-state index contributed by atoms with van der Waals surface area (Å²) in [6.45, 7) is 7.76. The second kappa shape index (κ2) is 11.0. The van der Waals surface area contributed by atoms with Crippen LogP contribution in [0.5, 0.6) is 0 Å². The number of nitrogens with zero attached hydrogens (tertiary/aromatic N) is 4. The van der Waals surface area contributed by atoms with Gasteiger partial charge < -0.3 is 5.32 Å². The largest absolute Gasteiger partial charge is 0.319 e. The topological polar surface area (TPSA) is 90.9 Å². The molecular formula is C31H31N5O3S. The minimum absolute atomic E-state index is 0.206. The van der Waals surface area contributed by atoms with Gasteiger partial charge in [0.05, 0.1) is 33.2 Å². The van der Waals surface area contributed by atoms with Crippen molar-refractivity contribution in [1.29, 1.82) is 0 Å². The van der Waals surface area contributed by atoms with E-state index in [-0.39, 0.29) is 22.7 Å². The van der Waals surface area contributed by atoms with Gasteiger partial charge in [0.25, 0.3) is 11.1 Å². The molecule has 3 aromatic carbocycles. The van der Waals surface area contributed by atoms with Crippen molar-refractivity contribution in [2.24, 2.45) is 7.05 Å². The zero-order valence-electron chi connectivity index (χ0n) is 23.1. The third-order valence-corrected chi connectivity index (χ3v) is 8.07. The van der Waals surface area contributed by atoms with Crippen LogP contribution in [-0.2, 0) is 11.8 Å². The van der Waals surface area contributed by atoms with Gasteiger partial charge in [-0.3, -0.25) is 23.6 Å². The summed E-state index contributed by atoms with van der Waals surface area (Å²) < 4.78 is 4.79. The summed E-state index contributed by atoms with van der Waals surface area (Å²) in [5, 5.41) is 3.07. The van der Waals surface area contributed by atoms with Gasteiger partial charge >= 0.3 is 0 Å². The van der Waals surface area contributed by atoms with E-state index in [0.29, 0.717) is 39.0 Å². The average Bonchev–Trinajstić information content (AvgIpc) is 3.16. The van der Waals surface area contributed by atoms with Crippen molar-refractivity contribution in [3.8, 4) is 11.4 Å². The molecule has 0 fully saturated rings. The molecule has 8 nitrogen and oxygen atoms in total. The lowest BCUT2D eigenvalue weighted by Gasteiger charge is -2.17. The maximum Gasteiger partial charge on any atom is 0.295 e. The second-order valence-electron chi connectivity index (χ2n) is 9.98. The third-order valence-electron chi connectivity index (χ3n) is 7.02. The zero-order chi connectivity index (χ0) is 28.6. The quantitative estimate of drug-likeness (QED) is 0.215. The number of anilines is 1. The maximum atomic E-state index is 13.6. The first-order valence-corrected chi connectivity index (χ1v) is 14.0. The highest BCUT2D eigenvalue weighted by Gasteiger charge is 2.24. The van der Waals surface area contributed by atoms with Crippen LogP contribution in [0.4, 0.5) is 5.69 Å². The summed E-state index contributed by atoms with van der Waals surface area (Å²) in [7, 11) is 1.78. The summed E-state index contributed by atoms with van der Waals surface area (Å²) in [4.78, 5) is 45.1. The first-order valence-electron chi connectivity index (χ1n) is 13.1. The molecule has 0 saturated heterocycles. The number of thioether (sulfide) groups is 1. The van der Waals surface area contributed by atoms with Gasteiger partial charge in [0.1, 0.15) is 5.69 Å². The molecule has 0 aliphatic rings. The van der Waals surface area contributed by atoms with E-state index in [2.05, 4.69) is 19.2 Å². The van der Waals surface area contributed by atoms with Gasteiger partial charge in [-0.1, -0.05) is 68.1 Å². The number of fused-ring (bicyclic) bond motifs is 1. The normalized spacial score (nSPS) is 12.2. The Morgan fingerprint density at radius 1 is 0.850 bits per heavy atom. The van der Waals surface area contributed by atoms with Crippen LogP contribution in [0.1, 0.15) is 37.9 Å². The molecule has 9 heteroatoms. The molecule has 0 saturated carbocycles. The van der Waals surface area contributed by atoms with E-state index in [0.717, 1.165) is 5.56 Å². The molecule has 1 N–H and O–H groups in total. The van der Waals surface area contributed by atoms with Crippen molar-refractivity contribution in [2.45, 2.75) is 44.0 Å². The smallest absolute Gasteiger partial charge is 0.295 e. The number of hydrogen-bond acceptors (Lipinski definition) is 5. The lowest BCUT2D eigenvalue weighted by Crippen LogP contribution is -2.28. The molecule has 0 bridgehead atoms. The molecule has 1 unspecified atom stereocenters. The van der Waals surface area contributed by atoms with Gasteiger partial charge in [0.2, 0.25) is 5.91 Å². The van der Waals surface area contributed by atoms with E-state index in [4.69, 9.17) is 4.98 Å². The van der Waals surface area contributed by atoms with Crippen LogP contribution < -0.4 is 16.4 Å². The number of aromatic nitrogens is 4. The lowest BCUT2D eigenvalue weighted by atomic mass is 10.0. The number of carbonyl (C=O) groups excluding carboxylic acids is 1. The Morgan fingerprint density at radius 3 is 2.17 bits per heavy atom. The fourth-order valence-corrected chi connectivity index (χ4v) is 5.50. The Bertz CT molecular complexity index is 1820. The molecule has 40 heavy (non-hydrogen) atoms. The Kier molecular flexibility index (Phi) is 7.49. The lowest BCUT2D eigenvalue weighted by molar-refractivity contribution is -0.115. The van der Waals surface area contributed by atoms with Gasteiger partial charge in [0.15, 0.2) is 5.16 Å². The molecule has 2 aromatic heterocycles. The number of rotatable bonds is 7. The van der Waals surface area contributed by atoms with E-state index in [1.807, 2.05) is 66.7 Å². The third kappa shape index (κ3) is 5.00. The van der Waals surface area contributed by atoms with Gasteiger partial charge in [0, 0.05) is 7.05 Å². The number of nitrogens with one attached hydrogen (secondary N) is 1. The van der Waals surface area contributed by atoms with Crippen molar-refractivity contribution in [1.82, 2.24) is 18.9 Å². The fraction of sp³-hybridized carbons (Fsp3) is 0.226. The Labute approximate surface area is 236 Å². The molecule has 1 atom stereocenters. The second-order valence-corrected chi connectivity index (χ2v) is 11.3. The molecule has 0 aliphatic heterocycles. The number of amides is 1. The molecule has 0 aliphatic carbocycles. The van der Waals surface area contributed by atoms with Crippen molar-refractivity contribution >= 4 is 34.3 Å². The van der Waals surface area contributed by atoms with Crippen molar-refractivity contribution in [3.63, 3.8) is 0 Å². The van der Waals surface area contributed by atoms with E-state index >= 15 is 0 Å².